The number of carbonyl (C=O) groups is 1. The molecule has 0 aliphatic rings. The van der Waals surface area contributed by atoms with Crippen LogP contribution in [-0.2, 0) is 7.05 Å². The van der Waals surface area contributed by atoms with Crippen molar-refractivity contribution in [2.45, 2.75) is 19.9 Å². The monoisotopic (exact) mass is 218 g/mol. The van der Waals surface area contributed by atoms with Gasteiger partial charge in [-0.05, 0) is 19.9 Å². The summed E-state index contributed by atoms with van der Waals surface area (Å²) in [5.41, 5.74) is 2.36. The minimum absolute atomic E-state index is 0.312. The number of aldehydes is 1. The molecule has 0 aliphatic carbocycles. The van der Waals surface area contributed by atoms with Crippen LogP contribution in [0.15, 0.2) is 12.3 Å². The van der Waals surface area contributed by atoms with Gasteiger partial charge < -0.3 is 9.88 Å². The maximum absolute atomic E-state index is 10.8. The Morgan fingerprint density at radius 3 is 2.88 bits per heavy atom. The normalized spacial score (nSPS) is 11.0. The summed E-state index contributed by atoms with van der Waals surface area (Å²) in [4.78, 5) is 19.3. The molecule has 0 amide bonds. The third kappa shape index (κ3) is 1.64. The Morgan fingerprint density at radius 2 is 2.25 bits per heavy atom. The van der Waals surface area contributed by atoms with E-state index in [1.165, 1.54) is 0 Å². The Morgan fingerprint density at radius 1 is 1.50 bits per heavy atom. The van der Waals surface area contributed by atoms with Crippen molar-refractivity contribution in [2.24, 2.45) is 7.05 Å². The van der Waals surface area contributed by atoms with Crippen LogP contribution in [0.5, 0.6) is 0 Å². The van der Waals surface area contributed by atoms with Crippen LogP contribution in [0.1, 0.15) is 24.5 Å². The molecule has 0 bridgehead atoms. The summed E-state index contributed by atoms with van der Waals surface area (Å²) in [6.07, 6.45) is 2.45. The van der Waals surface area contributed by atoms with Crippen LogP contribution < -0.4 is 5.32 Å². The SMILES string of the molecule is CC(C)Nc1ccnc2c1nc(C=O)n2C. The Hall–Kier alpha value is -1.91. The second kappa shape index (κ2) is 3.92. The third-order valence-electron chi connectivity index (χ3n) is 2.34. The van der Waals surface area contributed by atoms with E-state index >= 15 is 0 Å². The van der Waals surface area contributed by atoms with Crippen molar-refractivity contribution in [2.75, 3.05) is 5.32 Å². The number of hydrogen-bond acceptors (Lipinski definition) is 4. The fourth-order valence-electron chi connectivity index (χ4n) is 1.63. The van der Waals surface area contributed by atoms with Gasteiger partial charge in [-0.2, -0.15) is 0 Å². The van der Waals surface area contributed by atoms with Crippen molar-refractivity contribution >= 4 is 23.1 Å². The van der Waals surface area contributed by atoms with Gasteiger partial charge in [0.2, 0.25) is 0 Å². The molecule has 0 unspecified atom stereocenters. The Balaban J connectivity index is 2.63. The first-order valence-electron chi connectivity index (χ1n) is 5.16. The molecule has 2 heterocycles. The number of hydrogen-bond donors (Lipinski definition) is 1. The van der Waals surface area contributed by atoms with Gasteiger partial charge in [0.05, 0.1) is 5.69 Å². The van der Waals surface area contributed by atoms with E-state index < -0.39 is 0 Å². The maximum atomic E-state index is 10.8. The quantitative estimate of drug-likeness (QED) is 0.795. The second-order valence-corrected chi connectivity index (χ2v) is 3.98. The number of fused-ring (bicyclic) bond motifs is 1. The number of anilines is 1. The second-order valence-electron chi connectivity index (χ2n) is 3.98. The number of nitrogens with zero attached hydrogens (tertiary/aromatic N) is 3. The number of aromatic nitrogens is 3. The average Bonchev–Trinajstić information content (AvgIpc) is 2.56. The first-order valence-corrected chi connectivity index (χ1v) is 5.16. The van der Waals surface area contributed by atoms with Crippen LogP contribution in [0.25, 0.3) is 11.2 Å². The van der Waals surface area contributed by atoms with E-state index in [0.717, 1.165) is 17.5 Å². The van der Waals surface area contributed by atoms with Crippen molar-refractivity contribution in [3.8, 4) is 0 Å². The van der Waals surface area contributed by atoms with E-state index in [0.29, 0.717) is 17.5 Å². The molecule has 0 atom stereocenters. The maximum Gasteiger partial charge on any atom is 0.185 e. The van der Waals surface area contributed by atoms with Crippen molar-refractivity contribution in [3.05, 3.63) is 18.1 Å². The van der Waals surface area contributed by atoms with Crippen molar-refractivity contribution in [1.82, 2.24) is 14.5 Å². The molecule has 0 aliphatic heterocycles. The lowest BCUT2D eigenvalue weighted by atomic mass is 10.3. The van der Waals surface area contributed by atoms with Crippen LogP contribution in [0.2, 0.25) is 0 Å². The largest absolute Gasteiger partial charge is 0.381 e. The van der Waals surface area contributed by atoms with Crippen LogP contribution >= 0.6 is 0 Å². The number of rotatable bonds is 3. The van der Waals surface area contributed by atoms with Crippen LogP contribution in [0.3, 0.4) is 0 Å². The molecule has 16 heavy (non-hydrogen) atoms. The highest BCUT2D eigenvalue weighted by Gasteiger charge is 2.11. The molecule has 2 aromatic heterocycles. The predicted octanol–water partition coefficient (Wildman–Crippen LogP) is 1.60. The molecular weight excluding hydrogens is 204 g/mol. The lowest BCUT2D eigenvalue weighted by Crippen LogP contribution is -2.10. The van der Waals surface area contributed by atoms with Crippen molar-refractivity contribution in [3.63, 3.8) is 0 Å². The summed E-state index contributed by atoms with van der Waals surface area (Å²) in [6, 6.07) is 2.18. The molecule has 0 saturated heterocycles. The van der Waals surface area contributed by atoms with Gasteiger partial charge in [0, 0.05) is 19.3 Å². The zero-order valence-corrected chi connectivity index (χ0v) is 9.56. The first-order chi connectivity index (χ1) is 7.63. The van der Waals surface area contributed by atoms with Crippen LogP contribution in [0.4, 0.5) is 5.69 Å². The number of pyridine rings is 1. The van der Waals surface area contributed by atoms with E-state index in [4.69, 9.17) is 0 Å². The number of aryl methyl sites for hydroxylation is 1. The fraction of sp³-hybridized carbons (Fsp3) is 0.364. The summed E-state index contributed by atoms with van der Waals surface area (Å²) < 4.78 is 1.69. The van der Waals surface area contributed by atoms with Gasteiger partial charge in [-0.15, -0.1) is 0 Å². The van der Waals surface area contributed by atoms with Gasteiger partial charge in [-0.25, -0.2) is 9.97 Å². The lowest BCUT2D eigenvalue weighted by Gasteiger charge is -2.09. The Labute approximate surface area is 93.5 Å². The summed E-state index contributed by atoms with van der Waals surface area (Å²) in [6.45, 7) is 4.10. The number of nitrogens with one attached hydrogen (secondary N) is 1. The molecule has 0 spiro atoms. The highest BCUT2D eigenvalue weighted by Crippen LogP contribution is 2.21. The minimum Gasteiger partial charge on any atom is -0.381 e. The summed E-state index contributed by atoms with van der Waals surface area (Å²) >= 11 is 0. The highest BCUT2D eigenvalue weighted by atomic mass is 16.1. The van der Waals surface area contributed by atoms with Gasteiger partial charge in [0.15, 0.2) is 17.8 Å². The molecule has 0 aromatic carbocycles. The standard InChI is InChI=1S/C11H14N4O/c1-7(2)13-8-4-5-12-11-10(8)14-9(6-16)15(11)3/h4-7H,1-3H3,(H,12,13). The van der Waals surface area contributed by atoms with E-state index in [2.05, 4.69) is 29.1 Å². The van der Waals surface area contributed by atoms with E-state index in [-0.39, 0.29) is 0 Å². The predicted molar refractivity (Wildman–Crippen MR) is 62.7 cm³/mol. The Bertz CT molecular complexity index is 530. The van der Waals surface area contributed by atoms with Crippen molar-refractivity contribution < 1.29 is 4.79 Å². The van der Waals surface area contributed by atoms with Crippen molar-refractivity contribution in [1.29, 1.82) is 0 Å². The highest BCUT2D eigenvalue weighted by molar-refractivity contribution is 5.89. The zero-order valence-electron chi connectivity index (χ0n) is 9.56. The van der Waals surface area contributed by atoms with Gasteiger partial charge in [-0.1, -0.05) is 0 Å². The Kier molecular flexibility index (Phi) is 2.60. The molecule has 0 saturated carbocycles. The fourth-order valence-corrected chi connectivity index (χ4v) is 1.63. The summed E-state index contributed by atoms with van der Waals surface area (Å²) in [7, 11) is 1.78. The number of imidazole rings is 1. The third-order valence-corrected chi connectivity index (χ3v) is 2.34. The van der Waals surface area contributed by atoms with Gasteiger partial charge in [-0.3, -0.25) is 4.79 Å². The lowest BCUT2D eigenvalue weighted by molar-refractivity contribution is 0.111. The van der Waals surface area contributed by atoms with E-state index in [1.807, 2.05) is 6.07 Å². The smallest absolute Gasteiger partial charge is 0.185 e. The average molecular weight is 218 g/mol. The molecule has 5 heteroatoms. The summed E-state index contributed by atoms with van der Waals surface area (Å²) in [5.74, 6) is 0.389. The molecule has 84 valence electrons. The molecular formula is C11H14N4O. The van der Waals surface area contributed by atoms with Gasteiger partial charge in [0.1, 0.15) is 5.52 Å². The zero-order chi connectivity index (χ0) is 11.7. The molecule has 2 rings (SSSR count). The van der Waals surface area contributed by atoms with Crippen LogP contribution in [-0.4, -0.2) is 26.9 Å². The molecule has 0 radical (unpaired) electrons. The van der Waals surface area contributed by atoms with Gasteiger partial charge >= 0.3 is 0 Å². The molecule has 5 nitrogen and oxygen atoms in total. The van der Waals surface area contributed by atoms with E-state index in [9.17, 15) is 4.79 Å². The molecule has 2 aromatic rings. The number of carbonyl (C=O) groups excluding carboxylic acids is 1. The molecule has 1 N–H and O–H groups in total. The molecule has 0 fully saturated rings. The minimum atomic E-state index is 0.312. The summed E-state index contributed by atoms with van der Waals surface area (Å²) in [5, 5.41) is 3.28. The van der Waals surface area contributed by atoms with Crippen LogP contribution in [0, 0.1) is 0 Å². The first kappa shape index (κ1) is 10.6. The van der Waals surface area contributed by atoms with Gasteiger partial charge in [0.25, 0.3) is 0 Å². The topological polar surface area (TPSA) is 59.8 Å². The van der Waals surface area contributed by atoms with E-state index in [1.54, 1.807) is 17.8 Å².